The van der Waals surface area contributed by atoms with Crippen molar-refractivity contribution in [1.29, 1.82) is 0 Å². The Morgan fingerprint density at radius 1 is 1.26 bits per heavy atom. The number of hydrogen-bond acceptors (Lipinski definition) is 5. The van der Waals surface area contributed by atoms with Gasteiger partial charge in [-0.3, -0.25) is 9.59 Å². The zero-order chi connectivity index (χ0) is 18.8. The standard InChI is InChI=1S/C19H22N6O2/c1-23-12-9-20-19(23)18(27)14-5-4-10-24(13-14)17(26)8-11-25-16-7-3-2-6-15(16)21-22-25/h2-3,6-7,9,12,14H,4-5,8,10-11,13H2,1H3/t14-/m0/s1. The third-order valence-corrected chi connectivity index (χ3v) is 5.14. The first-order valence-corrected chi connectivity index (χ1v) is 9.21. The molecular formula is C19H22N6O2. The number of aryl methyl sites for hydroxylation is 2. The molecule has 1 aromatic carbocycles. The van der Waals surface area contributed by atoms with Crippen LogP contribution in [0.2, 0.25) is 0 Å². The van der Waals surface area contributed by atoms with Crippen LogP contribution in [0, 0.1) is 5.92 Å². The average molecular weight is 366 g/mol. The zero-order valence-corrected chi connectivity index (χ0v) is 15.3. The number of imidazole rings is 1. The van der Waals surface area contributed by atoms with Gasteiger partial charge < -0.3 is 9.47 Å². The topological polar surface area (TPSA) is 85.9 Å². The third-order valence-electron chi connectivity index (χ3n) is 5.14. The Hall–Kier alpha value is -3.03. The summed E-state index contributed by atoms with van der Waals surface area (Å²) in [6.45, 7) is 1.64. The van der Waals surface area contributed by atoms with Gasteiger partial charge in [0.15, 0.2) is 5.82 Å². The molecule has 4 rings (SSSR count). The van der Waals surface area contributed by atoms with Gasteiger partial charge in [0.1, 0.15) is 5.52 Å². The van der Waals surface area contributed by atoms with Crippen molar-refractivity contribution in [2.24, 2.45) is 13.0 Å². The molecule has 0 unspecified atom stereocenters. The lowest BCUT2D eigenvalue weighted by molar-refractivity contribution is -0.132. The van der Waals surface area contributed by atoms with Crippen LogP contribution in [-0.2, 0) is 18.4 Å². The minimum Gasteiger partial charge on any atom is -0.342 e. The smallest absolute Gasteiger partial charge is 0.224 e. The van der Waals surface area contributed by atoms with E-state index in [4.69, 9.17) is 0 Å². The fraction of sp³-hybridized carbons (Fsp3) is 0.421. The van der Waals surface area contributed by atoms with Gasteiger partial charge in [-0.15, -0.1) is 5.10 Å². The van der Waals surface area contributed by atoms with Crippen molar-refractivity contribution in [3.8, 4) is 0 Å². The van der Waals surface area contributed by atoms with Crippen LogP contribution >= 0.6 is 0 Å². The number of Topliss-reactive ketones (excluding diaryl/α,β-unsaturated/α-hetero) is 1. The Bertz CT molecular complexity index is 975. The maximum absolute atomic E-state index is 12.7. The van der Waals surface area contributed by atoms with Gasteiger partial charge in [0.05, 0.1) is 12.1 Å². The Kier molecular flexibility index (Phi) is 4.70. The highest BCUT2D eigenvalue weighted by Gasteiger charge is 2.30. The second-order valence-corrected chi connectivity index (χ2v) is 6.96. The number of fused-ring (bicyclic) bond motifs is 1. The van der Waals surface area contributed by atoms with E-state index in [1.807, 2.05) is 31.3 Å². The monoisotopic (exact) mass is 366 g/mol. The zero-order valence-electron chi connectivity index (χ0n) is 15.3. The summed E-state index contributed by atoms with van der Waals surface area (Å²) in [7, 11) is 1.81. The summed E-state index contributed by atoms with van der Waals surface area (Å²) in [5, 5.41) is 8.25. The Balaban J connectivity index is 1.38. The largest absolute Gasteiger partial charge is 0.342 e. The van der Waals surface area contributed by atoms with Gasteiger partial charge in [0, 0.05) is 44.9 Å². The first-order chi connectivity index (χ1) is 13.1. The van der Waals surface area contributed by atoms with Crippen molar-refractivity contribution in [2.45, 2.75) is 25.8 Å². The second-order valence-electron chi connectivity index (χ2n) is 6.96. The number of ketones is 1. The molecule has 3 aromatic rings. The van der Waals surface area contributed by atoms with Crippen molar-refractivity contribution in [2.75, 3.05) is 13.1 Å². The highest BCUT2D eigenvalue weighted by atomic mass is 16.2. The van der Waals surface area contributed by atoms with Gasteiger partial charge in [0.2, 0.25) is 11.7 Å². The summed E-state index contributed by atoms with van der Waals surface area (Å²) in [6, 6.07) is 7.70. The molecular weight excluding hydrogens is 344 g/mol. The number of para-hydroxylation sites is 1. The minimum atomic E-state index is -0.184. The number of piperidine rings is 1. The van der Waals surface area contributed by atoms with E-state index in [2.05, 4.69) is 15.3 Å². The van der Waals surface area contributed by atoms with E-state index < -0.39 is 0 Å². The Morgan fingerprint density at radius 2 is 2.11 bits per heavy atom. The van der Waals surface area contributed by atoms with E-state index in [1.165, 1.54) is 0 Å². The molecule has 8 nitrogen and oxygen atoms in total. The maximum Gasteiger partial charge on any atom is 0.224 e. The normalized spacial score (nSPS) is 17.4. The lowest BCUT2D eigenvalue weighted by Gasteiger charge is -2.32. The van der Waals surface area contributed by atoms with Crippen LogP contribution < -0.4 is 0 Å². The van der Waals surface area contributed by atoms with Crippen LogP contribution in [0.25, 0.3) is 11.0 Å². The van der Waals surface area contributed by atoms with Crippen LogP contribution in [0.1, 0.15) is 29.9 Å². The summed E-state index contributed by atoms with van der Waals surface area (Å²) < 4.78 is 3.49. The molecule has 0 bridgehead atoms. The van der Waals surface area contributed by atoms with E-state index in [-0.39, 0.29) is 17.6 Å². The van der Waals surface area contributed by atoms with E-state index in [0.717, 1.165) is 23.9 Å². The molecule has 1 atom stereocenters. The molecule has 1 fully saturated rings. The number of nitrogens with zero attached hydrogens (tertiary/aromatic N) is 6. The van der Waals surface area contributed by atoms with E-state index in [9.17, 15) is 9.59 Å². The molecule has 0 N–H and O–H groups in total. The van der Waals surface area contributed by atoms with E-state index in [1.54, 1.807) is 26.5 Å². The van der Waals surface area contributed by atoms with Gasteiger partial charge in [-0.25, -0.2) is 9.67 Å². The molecule has 140 valence electrons. The van der Waals surface area contributed by atoms with Crippen LogP contribution in [0.4, 0.5) is 0 Å². The minimum absolute atomic E-state index is 0.0160. The fourth-order valence-electron chi connectivity index (χ4n) is 3.65. The number of carbonyl (C=O) groups excluding carboxylic acids is 2. The number of rotatable bonds is 5. The van der Waals surface area contributed by atoms with Gasteiger partial charge in [0.25, 0.3) is 0 Å². The van der Waals surface area contributed by atoms with Crippen LogP contribution in [0.15, 0.2) is 36.7 Å². The third kappa shape index (κ3) is 3.47. The number of aromatic nitrogens is 5. The second kappa shape index (κ2) is 7.30. The SMILES string of the molecule is Cn1ccnc1C(=O)[C@H]1CCCN(C(=O)CCn2nnc3ccccc32)C1. The molecule has 1 amide bonds. The predicted molar refractivity (Wildman–Crippen MR) is 99.0 cm³/mol. The fourth-order valence-corrected chi connectivity index (χ4v) is 3.65. The number of amides is 1. The lowest BCUT2D eigenvalue weighted by atomic mass is 9.93. The summed E-state index contributed by atoms with van der Waals surface area (Å²) in [6.07, 6.45) is 5.36. The van der Waals surface area contributed by atoms with E-state index in [0.29, 0.717) is 31.9 Å². The van der Waals surface area contributed by atoms with Crippen molar-refractivity contribution >= 4 is 22.7 Å². The summed E-state index contributed by atoms with van der Waals surface area (Å²) in [5.74, 6) is 0.341. The van der Waals surface area contributed by atoms with Gasteiger partial charge in [-0.2, -0.15) is 0 Å². The van der Waals surface area contributed by atoms with Crippen LogP contribution in [0.3, 0.4) is 0 Å². The predicted octanol–water partition coefficient (Wildman–Crippen LogP) is 1.68. The summed E-state index contributed by atoms with van der Waals surface area (Å²) in [4.78, 5) is 31.3. The van der Waals surface area contributed by atoms with Gasteiger partial charge in [-0.1, -0.05) is 17.3 Å². The highest BCUT2D eigenvalue weighted by molar-refractivity contribution is 5.95. The first kappa shape index (κ1) is 17.4. The van der Waals surface area contributed by atoms with Crippen molar-refractivity contribution in [1.82, 2.24) is 29.4 Å². The van der Waals surface area contributed by atoms with Gasteiger partial charge in [-0.05, 0) is 25.0 Å². The molecule has 0 radical (unpaired) electrons. The van der Waals surface area contributed by atoms with Crippen molar-refractivity contribution in [3.63, 3.8) is 0 Å². The molecule has 1 aliphatic rings. The Labute approximate surface area is 156 Å². The molecule has 2 aromatic heterocycles. The summed E-state index contributed by atoms with van der Waals surface area (Å²) in [5.41, 5.74) is 1.75. The van der Waals surface area contributed by atoms with E-state index >= 15 is 0 Å². The van der Waals surface area contributed by atoms with Gasteiger partial charge >= 0.3 is 0 Å². The maximum atomic E-state index is 12.7. The number of benzene rings is 1. The highest BCUT2D eigenvalue weighted by Crippen LogP contribution is 2.21. The molecule has 3 heterocycles. The molecule has 1 aliphatic heterocycles. The first-order valence-electron chi connectivity index (χ1n) is 9.21. The van der Waals surface area contributed by atoms with Crippen LogP contribution in [0.5, 0.6) is 0 Å². The Morgan fingerprint density at radius 3 is 2.93 bits per heavy atom. The molecule has 0 aliphatic carbocycles. The van der Waals surface area contributed by atoms with Crippen LogP contribution in [-0.4, -0.2) is 54.2 Å². The quantitative estimate of drug-likeness (QED) is 0.641. The number of likely N-dealkylation sites (tertiary alicyclic amines) is 1. The van der Waals surface area contributed by atoms with Crippen molar-refractivity contribution in [3.05, 3.63) is 42.5 Å². The summed E-state index contributed by atoms with van der Waals surface area (Å²) >= 11 is 0. The average Bonchev–Trinajstić information content (AvgIpc) is 3.31. The molecule has 1 saturated heterocycles. The molecule has 8 heteroatoms. The number of carbonyl (C=O) groups is 2. The molecule has 0 saturated carbocycles. The lowest BCUT2D eigenvalue weighted by Crippen LogP contribution is -2.43. The molecule has 0 spiro atoms. The number of hydrogen-bond donors (Lipinski definition) is 0. The van der Waals surface area contributed by atoms with Crippen molar-refractivity contribution < 1.29 is 9.59 Å². The molecule has 27 heavy (non-hydrogen) atoms.